The SMILES string of the molecule is C[C@H](CO)NCc1ccn[nH]1. The van der Waals surface area contributed by atoms with Gasteiger partial charge in [0, 0.05) is 24.5 Å². The Morgan fingerprint density at radius 1 is 1.82 bits per heavy atom. The molecule has 1 aromatic rings. The van der Waals surface area contributed by atoms with Crippen molar-refractivity contribution in [2.24, 2.45) is 0 Å². The molecule has 0 aliphatic rings. The highest BCUT2D eigenvalue weighted by Crippen LogP contribution is 1.90. The Balaban J connectivity index is 2.23. The molecule has 62 valence electrons. The average molecular weight is 155 g/mol. The van der Waals surface area contributed by atoms with Crippen molar-refractivity contribution in [2.75, 3.05) is 6.61 Å². The zero-order valence-corrected chi connectivity index (χ0v) is 6.54. The van der Waals surface area contributed by atoms with Gasteiger partial charge in [-0.2, -0.15) is 5.10 Å². The third-order valence-electron chi connectivity index (χ3n) is 1.47. The topological polar surface area (TPSA) is 60.9 Å². The molecule has 4 nitrogen and oxygen atoms in total. The van der Waals surface area contributed by atoms with E-state index in [0.717, 1.165) is 12.2 Å². The summed E-state index contributed by atoms with van der Waals surface area (Å²) >= 11 is 0. The summed E-state index contributed by atoms with van der Waals surface area (Å²) in [4.78, 5) is 0. The van der Waals surface area contributed by atoms with Crippen LogP contribution in [0.4, 0.5) is 0 Å². The molecule has 11 heavy (non-hydrogen) atoms. The van der Waals surface area contributed by atoms with Crippen LogP contribution in [-0.4, -0.2) is 28.0 Å². The van der Waals surface area contributed by atoms with Gasteiger partial charge in [0.1, 0.15) is 0 Å². The number of hydrogen-bond acceptors (Lipinski definition) is 3. The van der Waals surface area contributed by atoms with Crippen molar-refractivity contribution in [3.05, 3.63) is 18.0 Å². The Hall–Kier alpha value is -0.870. The molecule has 0 bridgehead atoms. The number of hydrogen-bond donors (Lipinski definition) is 3. The molecule has 0 saturated heterocycles. The van der Waals surface area contributed by atoms with Gasteiger partial charge >= 0.3 is 0 Å². The van der Waals surface area contributed by atoms with Crippen LogP contribution in [0.5, 0.6) is 0 Å². The molecular formula is C7H13N3O. The fourth-order valence-corrected chi connectivity index (χ4v) is 0.732. The lowest BCUT2D eigenvalue weighted by atomic mass is 10.3. The lowest BCUT2D eigenvalue weighted by Gasteiger charge is -2.08. The highest BCUT2D eigenvalue weighted by molar-refractivity contribution is 4.96. The molecular weight excluding hydrogens is 142 g/mol. The van der Waals surface area contributed by atoms with Crippen molar-refractivity contribution in [3.8, 4) is 0 Å². The van der Waals surface area contributed by atoms with Crippen LogP contribution in [0.2, 0.25) is 0 Å². The molecule has 0 amide bonds. The van der Waals surface area contributed by atoms with Gasteiger partial charge in [-0.25, -0.2) is 0 Å². The Labute approximate surface area is 65.6 Å². The van der Waals surface area contributed by atoms with Gasteiger partial charge in [-0.05, 0) is 13.0 Å². The molecule has 0 saturated carbocycles. The zero-order valence-electron chi connectivity index (χ0n) is 6.54. The van der Waals surface area contributed by atoms with Crippen molar-refractivity contribution < 1.29 is 5.11 Å². The van der Waals surface area contributed by atoms with Gasteiger partial charge in [-0.3, -0.25) is 5.10 Å². The summed E-state index contributed by atoms with van der Waals surface area (Å²) in [5, 5.41) is 18.4. The van der Waals surface area contributed by atoms with E-state index in [-0.39, 0.29) is 12.6 Å². The van der Waals surface area contributed by atoms with Crippen molar-refractivity contribution in [2.45, 2.75) is 19.5 Å². The number of nitrogens with one attached hydrogen (secondary N) is 2. The van der Waals surface area contributed by atoms with Crippen molar-refractivity contribution in [1.29, 1.82) is 0 Å². The second kappa shape index (κ2) is 4.10. The molecule has 0 fully saturated rings. The number of H-pyrrole nitrogens is 1. The first-order chi connectivity index (χ1) is 5.33. The van der Waals surface area contributed by atoms with E-state index < -0.39 is 0 Å². The summed E-state index contributed by atoms with van der Waals surface area (Å²) in [7, 11) is 0. The standard InChI is InChI=1S/C7H13N3O/c1-6(5-11)8-4-7-2-3-9-10-7/h2-3,6,8,11H,4-5H2,1H3,(H,9,10)/t6-/m1/s1. The summed E-state index contributed by atoms with van der Waals surface area (Å²) in [5.41, 5.74) is 1.03. The molecule has 1 atom stereocenters. The van der Waals surface area contributed by atoms with E-state index in [1.54, 1.807) is 6.20 Å². The normalized spacial score (nSPS) is 13.3. The number of aromatic nitrogens is 2. The lowest BCUT2D eigenvalue weighted by Crippen LogP contribution is -2.28. The maximum atomic E-state index is 8.68. The lowest BCUT2D eigenvalue weighted by molar-refractivity contribution is 0.250. The minimum absolute atomic E-state index is 0.137. The maximum absolute atomic E-state index is 8.68. The molecule has 0 radical (unpaired) electrons. The fraction of sp³-hybridized carbons (Fsp3) is 0.571. The quantitative estimate of drug-likeness (QED) is 0.568. The zero-order chi connectivity index (χ0) is 8.10. The van der Waals surface area contributed by atoms with Gasteiger partial charge < -0.3 is 10.4 Å². The fourth-order valence-electron chi connectivity index (χ4n) is 0.732. The Morgan fingerprint density at radius 2 is 2.64 bits per heavy atom. The minimum Gasteiger partial charge on any atom is -0.395 e. The third-order valence-corrected chi connectivity index (χ3v) is 1.47. The first kappa shape index (κ1) is 8.23. The average Bonchev–Trinajstić information content (AvgIpc) is 2.52. The minimum atomic E-state index is 0.137. The highest BCUT2D eigenvalue weighted by atomic mass is 16.3. The van der Waals surface area contributed by atoms with E-state index in [9.17, 15) is 0 Å². The van der Waals surface area contributed by atoms with Crippen LogP contribution in [0.3, 0.4) is 0 Å². The van der Waals surface area contributed by atoms with Crippen LogP contribution in [0.15, 0.2) is 12.3 Å². The molecule has 3 N–H and O–H groups in total. The Morgan fingerprint density at radius 3 is 3.18 bits per heavy atom. The maximum Gasteiger partial charge on any atom is 0.0582 e. The molecule has 0 aromatic carbocycles. The molecule has 1 rings (SSSR count). The first-order valence-electron chi connectivity index (χ1n) is 3.65. The number of aromatic amines is 1. The van der Waals surface area contributed by atoms with Crippen LogP contribution in [0.25, 0.3) is 0 Å². The second-order valence-electron chi connectivity index (χ2n) is 2.55. The highest BCUT2D eigenvalue weighted by Gasteiger charge is 1.98. The van der Waals surface area contributed by atoms with Gasteiger partial charge in [0.25, 0.3) is 0 Å². The summed E-state index contributed by atoms with van der Waals surface area (Å²) in [6, 6.07) is 2.04. The Kier molecular flexibility index (Phi) is 3.07. The van der Waals surface area contributed by atoms with Crippen LogP contribution >= 0.6 is 0 Å². The molecule has 1 aromatic heterocycles. The molecule has 4 heteroatoms. The monoisotopic (exact) mass is 155 g/mol. The molecule has 0 aliphatic carbocycles. The second-order valence-corrected chi connectivity index (χ2v) is 2.55. The third kappa shape index (κ3) is 2.69. The van der Waals surface area contributed by atoms with Crippen molar-refractivity contribution in [1.82, 2.24) is 15.5 Å². The van der Waals surface area contributed by atoms with Crippen LogP contribution in [0, 0.1) is 0 Å². The summed E-state index contributed by atoms with van der Waals surface area (Å²) in [5.74, 6) is 0. The summed E-state index contributed by atoms with van der Waals surface area (Å²) in [6.45, 7) is 2.81. The van der Waals surface area contributed by atoms with Crippen molar-refractivity contribution >= 4 is 0 Å². The molecule has 0 unspecified atom stereocenters. The van der Waals surface area contributed by atoms with E-state index >= 15 is 0 Å². The predicted octanol–water partition coefficient (Wildman–Crippen LogP) is -0.120. The van der Waals surface area contributed by atoms with E-state index in [1.807, 2.05) is 13.0 Å². The van der Waals surface area contributed by atoms with Gasteiger partial charge in [0.05, 0.1) is 6.61 Å². The van der Waals surface area contributed by atoms with Crippen LogP contribution in [-0.2, 0) is 6.54 Å². The van der Waals surface area contributed by atoms with E-state index in [4.69, 9.17) is 5.11 Å². The van der Waals surface area contributed by atoms with Gasteiger partial charge in [-0.1, -0.05) is 0 Å². The largest absolute Gasteiger partial charge is 0.395 e. The van der Waals surface area contributed by atoms with Gasteiger partial charge in [0.2, 0.25) is 0 Å². The number of rotatable bonds is 4. The van der Waals surface area contributed by atoms with Crippen LogP contribution in [0.1, 0.15) is 12.6 Å². The van der Waals surface area contributed by atoms with E-state index in [2.05, 4.69) is 15.5 Å². The summed E-state index contributed by atoms with van der Waals surface area (Å²) < 4.78 is 0. The number of nitrogens with zero attached hydrogens (tertiary/aromatic N) is 1. The van der Waals surface area contributed by atoms with E-state index in [0.29, 0.717) is 0 Å². The molecule has 0 aliphatic heterocycles. The van der Waals surface area contributed by atoms with Gasteiger partial charge in [-0.15, -0.1) is 0 Å². The first-order valence-corrected chi connectivity index (χ1v) is 3.65. The Bertz CT molecular complexity index is 186. The summed E-state index contributed by atoms with van der Waals surface area (Å²) in [6.07, 6.45) is 1.71. The van der Waals surface area contributed by atoms with Crippen molar-refractivity contribution in [3.63, 3.8) is 0 Å². The van der Waals surface area contributed by atoms with Gasteiger partial charge in [0.15, 0.2) is 0 Å². The smallest absolute Gasteiger partial charge is 0.0582 e. The van der Waals surface area contributed by atoms with Crippen LogP contribution < -0.4 is 5.32 Å². The number of aliphatic hydroxyl groups is 1. The molecule has 0 spiro atoms. The number of aliphatic hydroxyl groups excluding tert-OH is 1. The predicted molar refractivity (Wildman–Crippen MR) is 42.0 cm³/mol. The van der Waals surface area contributed by atoms with E-state index in [1.165, 1.54) is 0 Å². The molecule has 1 heterocycles.